The lowest BCUT2D eigenvalue weighted by atomic mass is 9.93. The molecule has 0 aliphatic rings. The van der Waals surface area contributed by atoms with Crippen molar-refractivity contribution in [1.82, 2.24) is 5.32 Å². The van der Waals surface area contributed by atoms with Crippen molar-refractivity contribution in [2.24, 2.45) is 5.92 Å². The third-order valence-electron chi connectivity index (χ3n) is 3.50. The monoisotopic (exact) mass is 281 g/mol. The molecule has 0 aromatic heterocycles. The normalized spacial score (nSPS) is 12.9. The van der Waals surface area contributed by atoms with Crippen molar-refractivity contribution < 1.29 is 0 Å². The first kappa shape index (κ1) is 16.5. The average molecular weight is 282 g/mol. The molecule has 1 aromatic rings. The van der Waals surface area contributed by atoms with Crippen LogP contribution in [0.25, 0.3) is 0 Å². The second-order valence-electron chi connectivity index (χ2n) is 5.72. The second kappa shape index (κ2) is 9.39. The van der Waals surface area contributed by atoms with Crippen LogP contribution in [-0.2, 0) is 6.42 Å². The molecule has 0 aliphatic heterocycles. The number of unbranched alkanes of at least 4 members (excludes halogenated alkanes) is 2. The van der Waals surface area contributed by atoms with E-state index in [1.54, 1.807) is 0 Å². The minimum atomic E-state index is 0.555. The van der Waals surface area contributed by atoms with Crippen LogP contribution in [0, 0.1) is 5.92 Å². The van der Waals surface area contributed by atoms with E-state index in [2.05, 4.69) is 38.2 Å². The third-order valence-corrected chi connectivity index (χ3v) is 3.87. The third kappa shape index (κ3) is 6.98. The predicted octanol–water partition coefficient (Wildman–Crippen LogP) is 5.08. The van der Waals surface area contributed by atoms with Crippen molar-refractivity contribution in [1.29, 1.82) is 0 Å². The molecule has 0 bridgehead atoms. The molecule has 0 aliphatic carbocycles. The van der Waals surface area contributed by atoms with Gasteiger partial charge in [-0.05, 0) is 36.9 Å². The highest BCUT2D eigenvalue weighted by Gasteiger charge is 2.12. The molecule has 1 unspecified atom stereocenters. The SMILES string of the molecule is CCCCCC(CNC(C)C)Cc1ccccc1Cl. The molecule has 0 heterocycles. The van der Waals surface area contributed by atoms with Gasteiger partial charge in [-0.2, -0.15) is 0 Å². The molecule has 1 N–H and O–H groups in total. The predicted molar refractivity (Wildman–Crippen MR) is 85.9 cm³/mol. The molecule has 0 amide bonds. The van der Waals surface area contributed by atoms with Gasteiger partial charge in [0.15, 0.2) is 0 Å². The summed E-state index contributed by atoms with van der Waals surface area (Å²) in [6, 6.07) is 8.80. The van der Waals surface area contributed by atoms with Gasteiger partial charge in [-0.15, -0.1) is 0 Å². The maximum atomic E-state index is 6.27. The fourth-order valence-corrected chi connectivity index (χ4v) is 2.55. The van der Waals surface area contributed by atoms with Gasteiger partial charge >= 0.3 is 0 Å². The summed E-state index contributed by atoms with van der Waals surface area (Å²) >= 11 is 6.27. The molecule has 1 nitrogen and oxygen atoms in total. The van der Waals surface area contributed by atoms with Gasteiger partial charge in [-0.1, -0.05) is 69.8 Å². The fourth-order valence-electron chi connectivity index (χ4n) is 2.34. The lowest BCUT2D eigenvalue weighted by Gasteiger charge is -2.20. The van der Waals surface area contributed by atoms with Crippen LogP contribution in [0.1, 0.15) is 52.0 Å². The zero-order valence-corrected chi connectivity index (χ0v) is 13.3. The van der Waals surface area contributed by atoms with E-state index in [1.165, 1.54) is 31.2 Å². The Labute approximate surface area is 123 Å². The summed E-state index contributed by atoms with van der Waals surface area (Å²) in [4.78, 5) is 0. The first-order chi connectivity index (χ1) is 9.13. The van der Waals surface area contributed by atoms with E-state index in [9.17, 15) is 0 Å². The van der Waals surface area contributed by atoms with Crippen molar-refractivity contribution >= 4 is 11.6 Å². The lowest BCUT2D eigenvalue weighted by molar-refractivity contribution is 0.406. The van der Waals surface area contributed by atoms with E-state index in [0.29, 0.717) is 12.0 Å². The summed E-state index contributed by atoms with van der Waals surface area (Å²) in [5, 5.41) is 4.48. The standard InChI is InChI=1S/C17H28ClN/c1-4-5-6-9-15(13-19-14(2)3)12-16-10-7-8-11-17(16)18/h7-8,10-11,14-15,19H,4-6,9,12-13H2,1-3H3. The fraction of sp³-hybridized carbons (Fsp3) is 0.647. The number of benzene rings is 1. The Morgan fingerprint density at radius 2 is 1.89 bits per heavy atom. The van der Waals surface area contributed by atoms with Crippen LogP contribution >= 0.6 is 11.6 Å². The van der Waals surface area contributed by atoms with Crippen molar-refractivity contribution in [3.8, 4) is 0 Å². The first-order valence-electron chi connectivity index (χ1n) is 7.60. The Morgan fingerprint density at radius 3 is 2.53 bits per heavy atom. The molecule has 0 fully saturated rings. The average Bonchev–Trinajstić information content (AvgIpc) is 2.38. The van der Waals surface area contributed by atoms with Crippen LogP contribution in [0.3, 0.4) is 0 Å². The van der Waals surface area contributed by atoms with Crippen LogP contribution in [0.2, 0.25) is 5.02 Å². The number of rotatable bonds is 9. The minimum absolute atomic E-state index is 0.555. The number of nitrogens with one attached hydrogen (secondary N) is 1. The smallest absolute Gasteiger partial charge is 0.0438 e. The summed E-state index contributed by atoms with van der Waals surface area (Å²) in [6.07, 6.45) is 6.32. The largest absolute Gasteiger partial charge is 0.314 e. The Kier molecular flexibility index (Phi) is 8.16. The van der Waals surface area contributed by atoms with Crippen molar-refractivity contribution in [2.45, 2.75) is 58.9 Å². The number of hydrogen-bond donors (Lipinski definition) is 1. The van der Waals surface area contributed by atoms with E-state index < -0.39 is 0 Å². The molecule has 1 atom stereocenters. The summed E-state index contributed by atoms with van der Waals surface area (Å²) in [5.41, 5.74) is 1.29. The van der Waals surface area contributed by atoms with Gasteiger partial charge in [-0.25, -0.2) is 0 Å². The van der Waals surface area contributed by atoms with Crippen LogP contribution in [-0.4, -0.2) is 12.6 Å². The van der Waals surface area contributed by atoms with E-state index in [4.69, 9.17) is 11.6 Å². The zero-order valence-electron chi connectivity index (χ0n) is 12.6. The Balaban J connectivity index is 2.54. The van der Waals surface area contributed by atoms with Gasteiger partial charge in [0, 0.05) is 11.1 Å². The molecule has 2 heteroatoms. The lowest BCUT2D eigenvalue weighted by Crippen LogP contribution is -2.30. The quantitative estimate of drug-likeness (QED) is 0.623. The molecule has 0 radical (unpaired) electrons. The van der Waals surface area contributed by atoms with Gasteiger partial charge in [0.1, 0.15) is 0 Å². The summed E-state index contributed by atoms with van der Waals surface area (Å²) in [6.45, 7) is 7.76. The molecule has 1 aromatic carbocycles. The second-order valence-corrected chi connectivity index (χ2v) is 6.13. The van der Waals surface area contributed by atoms with Gasteiger partial charge in [0.2, 0.25) is 0 Å². The highest BCUT2D eigenvalue weighted by atomic mass is 35.5. The van der Waals surface area contributed by atoms with Crippen LogP contribution in [0.15, 0.2) is 24.3 Å². The Morgan fingerprint density at radius 1 is 1.16 bits per heavy atom. The number of halogens is 1. The summed E-state index contributed by atoms with van der Waals surface area (Å²) < 4.78 is 0. The van der Waals surface area contributed by atoms with E-state index in [0.717, 1.165) is 18.0 Å². The Bertz CT molecular complexity index is 349. The first-order valence-corrected chi connectivity index (χ1v) is 7.98. The maximum absolute atomic E-state index is 6.27. The minimum Gasteiger partial charge on any atom is -0.314 e. The van der Waals surface area contributed by atoms with Gasteiger partial charge in [-0.3, -0.25) is 0 Å². The molecule has 0 saturated heterocycles. The Hall–Kier alpha value is -0.530. The highest BCUT2D eigenvalue weighted by molar-refractivity contribution is 6.31. The topological polar surface area (TPSA) is 12.0 Å². The summed E-state index contributed by atoms with van der Waals surface area (Å²) in [7, 11) is 0. The molecule has 0 saturated carbocycles. The molecule has 108 valence electrons. The van der Waals surface area contributed by atoms with Gasteiger partial charge < -0.3 is 5.32 Å². The molecule has 0 spiro atoms. The van der Waals surface area contributed by atoms with E-state index in [-0.39, 0.29) is 0 Å². The maximum Gasteiger partial charge on any atom is 0.0438 e. The molecule has 1 rings (SSSR count). The van der Waals surface area contributed by atoms with E-state index in [1.807, 2.05) is 12.1 Å². The van der Waals surface area contributed by atoms with Crippen molar-refractivity contribution in [3.63, 3.8) is 0 Å². The molecule has 19 heavy (non-hydrogen) atoms. The van der Waals surface area contributed by atoms with Crippen molar-refractivity contribution in [2.75, 3.05) is 6.54 Å². The summed E-state index contributed by atoms with van der Waals surface area (Å²) in [5.74, 6) is 0.689. The van der Waals surface area contributed by atoms with Crippen LogP contribution in [0.4, 0.5) is 0 Å². The molecular weight excluding hydrogens is 254 g/mol. The number of hydrogen-bond acceptors (Lipinski definition) is 1. The van der Waals surface area contributed by atoms with Crippen LogP contribution in [0.5, 0.6) is 0 Å². The van der Waals surface area contributed by atoms with E-state index >= 15 is 0 Å². The zero-order chi connectivity index (χ0) is 14.1. The van der Waals surface area contributed by atoms with Gasteiger partial charge in [0.25, 0.3) is 0 Å². The van der Waals surface area contributed by atoms with Gasteiger partial charge in [0.05, 0.1) is 0 Å². The highest BCUT2D eigenvalue weighted by Crippen LogP contribution is 2.21. The molecular formula is C17H28ClN. The van der Waals surface area contributed by atoms with Crippen LogP contribution < -0.4 is 5.32 Å². The van der Waals surface area contributed by atoms with Crippen molar-refractivity contribution in [3.05, 3.63) is 34.9 Å².